The van der Waals surface area contributed by atoms with Gasteiger partial charge in [-0.05, 0) is 30.7 Å². The number of rotatable bonds is 5. The average molecular weight is 220 g/mol. The smallest absolute Gasteiger partial charge is 0.192 e. The van der Waals surface area contributed by atoms with E-state index in [0.717, 1.165) is 24.1 Å². The maximum absolute atomic E-state index is 8.62. The summed E-state index contributed by atoms with van der Waals surface area (Å²) in [7, 11) is 0. The molecule has 86 valence electrons. The third kappa shape index (κ3) is 2.59. The molecule has 2 rings (SSSR count). The van der Waals surface area contributed by atoms with Crippen LogP contribution in [0.25, 0.3) is 11.1 Å². The van der Waals surface area contributed by atoms with Crippen molar-refractivity contribution in [3.8, 4) is 0 Å². The van der Waals surface area contributed by atoms with Crippen molar-refractivity contribution in [2.24, 2.45) is 0 Å². The summed E-state index contributed by atoms with van der Waals surface area (Å²) in [6.07, 6.45) is 0.932. The lowest BCUT2D eigenvalue weighted by Crippen LogP contribution is -2.20. The van der Waals surface area contributed by atoms with Crippen LogP contribution in [0.15, 0.2) is 22.6 Å². The summed E-state index contributed by atoms with van der Waals surface area (Å²) < 4.78 is 5.41. The molecule has 1 heterocycles. The quantitative estimate of drug-likeness (QED) is 0.745. The molecule has 2 N–H and O–H groups in total. The van der Waals surface area contributed by atoms with E-state index >= 15 is 0 Å². The standard InChI is InChI=1S/C12H16N2O2/c1-9-14-11-8-10(2-3-12(11)16-9)4-5-13-6-7-15/h2-3,8,13,15H,4-7H2,1H3. The molecule has 0 amide bonds. The maximum Gasteiger partial charge on any atom is 0.192 e. The van der Waals surface area contributed by atoms with Crippen molar-refractivity contribution in [1.82, 2.24) is 10.3 Å². The van der Waals surface area contributed by atoms with E-state index in [9.17, 15) is 0 Å². The van der Waals surface area contributed by atoms with Crippen LogP contribution in [0.3, 0.4) is 0 Å². The van der Waals surface area contributed by atoms with E-state index in [4.69, 9.17) is 9.52 Å². The molecule has 0 aliphatic rings. The number of aryl methyl sites for hydroxylation is 1. The third-order valence-corrected chi connectivity index (χ3v) is 2.44. The Bertz CT molecular complexity index is 465. The van der Waals surface area contributed by atoms with Gasteiger partial charge in [0.1, 0.15) is 5.52 Å². The van der Waals surface area contributed by atoms with Crippen LogP contribution in [0.4, 0.5) is 0 Å². The molecule has 0 bridgehead atoms. The molecule has 1 aromatic carbocycles. The summed E-state index contributed by atoms with van der Waals surface area (Å²) in [5.41, 5.74) is 2.98. The summed E-state index contributed by atoms with van der Waals surface area (Å²) in [5, 5.41) is 11.8. The summed E-state index contributed by atoms with van der Waals surface area (Å²) in [4.78, 5) is 4.29. The van der Waals surface area contributed by atoms with Crippen LogP contribution in [0, 0.1) is 6.92 Å². The molecular weight excluding hydrogens is 204 g/mol. The Labute approximate surface area is 94.3 Å². The number of fused-ring (bicyclic) bond motifs is 1. The van der Waals surface area contributed by atoms with Crippen LogP contribution >= 0.6 is 0 Å². The van der Waals surface area contributed by atoms with Gasteiger partial charge in [-0.1, -0.05) is 6.07 Å². The second-order valence-corrected chi connectivity index (χ2v) is 3.76. The summed E-state index contributed by atoms with van der Waals surface area (Å²) >= 11 is 0. The van der Waals surface area contributed by atoms with Crippen LogP contribution in [0.2, 0.25) is 0 Å². The minimum Gasteiger partial charge on any atom is -0.441 e. The van der Waals surface area contributed by atoms with E-state index in [1.165, 1.54) is 5.56 Å². The first-order valence-corrected chi connectivity index (χ1v) is 5.47. The highest BCUT2D eigenvalue weighted by Gasteiger charge is 2.02. The number of benzene rings is 1. The molecule has 0 saturated carbocycles. The fourth-order valence-electron chi connectivity index (χ4n) is 1.68. The van der Waals surface area contributed by atoms with E-state index < -0.39 is 0 Å². The highest BCUT2D eigenvalue weighted by molar-refractivity contribution is 5.73. The molecule has 0 aliphatic carbocycles. The van der Waals surface area contributed by atoms with Crippen LogP contribution in [0.5, 0.6) is 0 Å². The lowest BCUT2D eigenvalue weighted by atomic mass is 10.1. The van der Waals surface area contributed by atoms with Gasteiger partial charge in [0.05, 0.1) is 6.61 Å². The van der Waals surface area contributed by atoms with Gasteiger partial charge in [0.2, 0.25) is 0 Å². The third-order valence-electron chi connectivity index (χ3n) is 2.44. The molecule has 16 heavy (non-hydrogen) atoms. The van der Waals surface area contributed by atoms with Crippen LogP contribution < -0.4 is 5.32 Å². The summed E-state index contributed by atoms with van der Waals surface area (Å²) in [6, 6.07) is 6.05. The van der Waals surface area contributed by atoms with Crippen LogP contribution in [-0.2, 0) is 6.42 Å². The molecule has 0 atom stereocenters. The minimum atomic E-state index is 0.182. The van der Waals surface area contributed by atoms with Crippen molar-refractivity contribution in [1.29, 1.82) is 0 Å². The van der Waals surface area contributed by atoms with E-state index in [1.807, 2.05) is 25.1 Å². The van der Waals surface area contributed by atoms with E-state index in [1.54, 1.807) is 0 Å². The summed E-state index contributed by atoms with van der Waals surface area (Å²) in [6.45, 7) is 3.54. The molecule has 2 aromatic rings. The van der Waals surface area contributed by atoms with Gasteiger partial charge < -0.3 is 14.8 Å². The Kier molecular flexibility index (Phi) is 3.54. The number of hydrogen-bond donors (Lipinski definition) is 2. The van der Waals surface area contributed by atoms with Crippen molar-refractivity contribution in [3.63, 3.8) is 0 Å². The Balaban J connectivity index is 2.02. The SMILES string of the molecule is Cc1nc2cc(CCNCCO)ccc2o1. The van der Waals surface area contributed by atoms with Crippen LogP contribution in [0.1, 0.15) is 11.5 Å². The molecule has 0 fully saturated rings. The topological polar surface area (TPSA) is 58.3 Å². The molecule has 0 unspecified atom stereocenters. The van der Waals surface area contributed by atoms with Gasteiger partial charge in [-0.3, -0.25) is 0 Å². The average Bonchev–Trinajstić information content (AvgIpc) is 2.64. The molecular formula is C12H16N2O2. The Hall–Kier alpha value is -1.39. The van der Waals surface area contributed by atoms with Gasteiger partial charge in [-0.25, -0.2) is 4.98 Å². The molecule has 0 radical (unpaired) electrons. The molecule has 4 heteroatoms. The van der Waals surface area contributed by atoms with Gasteiger partial charge in [0.25, 0.3) is 0 Å². The van der Waals surface area contributed by atoms with Gasteiger partial charge in [0.15, 0.2) is 11.5 Å². The fourth-order valence-corrected chi connectivity index (χ4v) is 1.68. The van der Waals surface area contributed by atoms with Crippen molar-refractivity contribution in [3.05, 3.63) is 29.7 Å². The lowest BCUT2D eigenvalue weighted by molar-refractivity contribution is 0.293. The van der Waals surface area contributed by atoms with Crippen molar-refractivity contribution in [2.75, 3.05) is 19.7 Å². The zero-order valence-electron chi connectivity index (χ0n) is 9.36. The second kappa shape index (κ2) is 5.09. The van der Waals surface area contributed by atoms with Gasteiger partial charge >= 0.3 is 0 Å². The first kappa shape index (κ1) is 11.1. The van der Waals surface area contributed by atoms with Crippen molar-refractivity contribution < 1.29 is 9.52 Å². The highest BCUT2D eigenvalue weighted by atomic mass is 16.3. The number of aliphatic hydroxyl groups excluding tert-OH is 1. The Morgan fingerprint density at radius 2 is 2.25 bits per heavy atom. The van der Waals surface area contributed by atoms with E-state index in [0.29, 0.717) is 12.4 Å². The second-order valence-electron chi connectivity index (χ2n) is 3.76. The molecule has 4 nitrogen and oxygen atoms in total. The minimum absolute atomic E-state index is 0.182. The van der Waals surface area contributed by atoms with E-state index in [2.05, 4.69) is 10.3 Å². The Morgan fingerprint density at radius 1 is 1.38 bits per heavy atom. The number of nitrogens with zero attached hydrogens (tertiary/aromatic N) is 1. The van der Waals surface area contributed by atoms with Gasteiger partial charge in [0, 0.05) is 13.5 Å². The first-order chi connectivity index (χ1) is 7.79. The maximum atomic E-state index is 8.62. The molecule has 0 spiro atoms. The van der Waals surface area contributed by atoms with Crippen molar-refractivity contribution >= 4 is 11.1 Å². The zero-order valence-corrected chi connectivity index (χ0v) is 9.36. The predicted molar refractivity (Wildman–Crippen MR) is 62.4 cm³/mol. The van der Waals surface area contributed by atoms with E-state index in [-0.39, 0.29) is 6.61 Å². The monoisotopic (exact) mass is 220 g/mol. The fraction of sp³-hybridized carbons (Fsp3) is 0.417. The largest absolute Gasteiger partial charge is 0.441 e. The number of aliphatic hydroxyl groups is 1. The number of aromatic nitrogens is 1. The highest BCUT2D eigenvalue weighted by Crippen LogP contribution is 2.16. The summed E-state index contributed by atoms with van der Waals surface area (Å²) in [5.74, 6) is 0.700. The molecule has 0 aliphatic heterocycles. The Morgan fingerprint density at radius 3 is 3.06 bits per heavy atom. The number of hydrogen-bond acceptors (Lipinski definition) is 4. The zero-order chi connectivity index (χ0) is 11.4. The van der Waals surface area contributed by atoms with Crippen molar-refractivity contribution in [2.45, 2.75) is 13.3 Å². The first-order valence-electron chi connectivity index (χ1n) is 5.47. The lowest BCUT2D eigenvalue weighted by Gasteiger charge is -2.02. The molecule has 0 saturated heterocycles. The number of oxazole rings is 1. The van der Waals surface area contributed by atoms with Crippen LogP contribution in [-0.4, -0.2) is 29.8 Å². The normalized spacial score (nSPS) is 11.1. The van der Waals surface area contributed by atoms with Gasteiger partial charge in [-0.15, -0.1) is 0 Å². The predicted octanol–water partition coefficient (Wildman–Crippen LogP) is 1.26. The van der Waals surface area contributed by atoms with Gasteiger partial charge in [-0.2, -0.15) is 0 Å². The number of nitrogens with one attached hydrogen (secondary N) is 1. The molecule has 1 aromatic heterocycles.